The molecule has 5 rings (SSSR count). The molecule has 3 aliphatic rings. The monoisotopic (exact) mass is 371 g/mol. The summed E-state index contributed by atoms with van der Waals surface area (Å²) in [5.74, 6) is 1.67. The molecule has 1 N–H and O–H groups in total. The van der Waals surface area contributed by atoms with Crippen molar-refractivity contribution in [1.82, 2.24) is 15.2 Å². The Morgan fingerprint density at radius 1 is 1.19 bits per heavy atom. The van der Waals surface area contributed by atoms with Crippen LogP contribution < -0.4 is 10.1 Å². The maximum absolute atomic E-state index is 12.6. The van der Waals surface area contributed by atoms with E-state index in [2.05, 4.69) is 22.1 Å². The zero-order valence-electron chi connectivity index (χ0n) is 14.7. The molecule has 1 aromatic carbocycles. The standard InChI is InChI=1S/C20H22ClN3O2/c1-13-19(14-8-10-24(13)11-9-14)23-20(25)15-2-5-17(6-3-15)26-18-7-4-16(21)12-22-18/h2-7,12-14,19H,8-11H2,1H3,(H,23,25). The van der Waals surface area contributed by atoms with Crippen molar-refractivity contribution < 1.29 is 9.53 Å². The van der Waals surface area contributed by atoms with Crippen LogP contribution in [-0.4, -0.2) is 41.0 Å². The molecule has 0 radical (unpaired) electrons. The zero-order valence-corrected chi connectivity index (χ0v) is 15.4. The van der Waals surface area contributed by atoms with Crippen molar-refractivity contribution in [2.24, 2.45) is 5.92 Å². The number of fused-ring (bicyclic) bond motifs is 3. The molecule has 136 valence electrons. The summed E-state index contributed by atoms with van der Waals surface area (Å²) in [6.07, 6.45) is 3.89. The largest absolute Gasteiger partial charge is 0.439 e. The first-order valence-corrected chi connectivity index (χ1v) is 9.42. The van der Waals surface area contributed by atoms with E-state index < -0.39 is 0 Å². The molecule has 1 amide bonds. The Kier molecular flexibility index (Phi) is 4.83. The first-order valence-electron chi connectivity index (χ1n) is 9.04. The van der Waals surface area contributed by atoms with Gasteiger partial charge in [-0.05, 0) is 69.1 Å². The minimum absolute atomic E-state index is 0.0215. The highest BCUT2D eigenvalue weighted by molar-refractivity contribution is 6.30. The number of pyridine rings is 1. The maximum Gasteiger partial charge on any atom is 0.251 e. The molecule has 2 bridgehead atoms. The van der Waals surface area contributed by atoms with Gasteiger partial charge in [-0.1, -0.05) is 11.6 Å². The lowest BCUT2D eigenvalue weighted by molar-refractivity contribution is 0.0217. The second kappa shape index (κ2) is 7.25. The summed E-state index contributed by atoms with van der Waals surface area (Å²) in [6.45, 7) is 4.53. The Bertz CT molecular complexity index is 769. The Hall–Kier alpha value is -2.11. The van der Waals surface area contributed by atoms with Gasteiger partial charge in [0.15, 0.2) is 0 Å². The summed E-state index contributed by atoms with van der Waals surface area (Å²) in [7, 11) is 0. The molecule has 3 aliphatic heterocycles. The molecule has 26 heavy (non-hydrogen) atoms. The van der Waals surface area contributed by atoms with E-state index >= 15 is 0 Å². The quantitative estimate of drug-likeness (QED) is 0.889. The SMILES string of the molecule is CC1C(NC(=O)c2ccc(Oc3ccc(Cl)cn3)cc2)C2CCN1CC2. The van der Waals surface area contributed by atoms with E-state index in [1.807, 2.05) is 0 Å². The Balaban J connectivity index is 1.40. The van der Waals surface area contributed by atoms with Gasteiger partial charge < -0.3 is 10.1 Å². The van der Waals surface area contributed by atoms with Crippen molar-refractivity contribution in [1.29, 1.82) is 0 Å². The van der Waals surface area contributed by atoms with Crippen LogP contribution in [0.15, 0.2) is 42.6 Å². The van der Waals surface area contributed by atoms with Crippen LogP contribution in [0, 0.1) is 5.92 Å². The lowest BCUT2D eigenvalue weighted by Crippen LogP contribution is -2.62. The van der Waals surface area contributed by atoms with Crippen LogP contribution in [0.2, 0.25) is 5.02 Å². The van der Waals surface area contributed by atoms with Crippen molar-refractivity contribution in [3.63, 3.8) is 0 Å². The number of halogens is 1. The minimum atomic E-state index is -0.0215. The van der Waals surface area contributed by atoms with Crippen LogP contribution in [0.25, 0.3) is 0 Å². The molecule has 2 atom stereocenters. The first-order chi connectivity index (χ1) is 12.6. The fourth-order valence-electron chi connectivity index (χ4n) is 4.00. The third-order valence-corrected chi connectivity index (χ3v) is 5.74. The number of ether oxygens (including phenoxy) is 1. The van der Waals surface area contributed by atoms with E-state index in [1.54, 1.807) is 36.4 Å². The van der Waals surface area contributed by atoms with Crippen molar-refractivity contribution in [2.45, 2.75) is 31.8 Å². The lowest BCUT2D eigenvalue weighted by Gasteiger charge is -2.49. The number of nitrogens with zero attached hydrogens (tertiary/aromatic N) is 2. The van der Waals surface area contributed by atoms with Crippen LogP contribution in [0.4, 0.5) is 0 Å². The van der Waals surface area contributed by atoms with E-state index in [0.29, 0.717) is 34.2 Å². The molecule has 2 aromatic rings. The van der Waals surface area contributed by atoms with Crippen LogP contribution in [-0.2, 0) is 0 Å². The topological polar surface area (TPSA) is 54.5 Å². The molecule has 1 aromatic heterocycles. The first kappa shape index (κ1) is 17.3. The van der Waals surface area contributed by atoms with E-state index in [4.69, 9.17) is 16.3 Å². The molecule has 3 fully saturated rings. The second-order valence-electron chi connectivity index (χ2n) is 7.05. The number of amides is 1. The highest BCUT2D eigenvalue weighted by Gasteiger charge is 2.40. The van der Waals surface area contributed by atoms with Crippen molar-refractivity contribution in [3.8, 4) is 11.6 Å². The molecule has 3 saturated heterocycles. The number of rotatable bonds is 4. The Labute approximate surface area is 158 Å². The van der Waals surface area contributed by atoms with Crippen LogP contribution in [0.3, 0.4) is 0 Å². The van der Waals surface area contributed by atoms with Gasteiger partial charge in [-0.25, -0.2) is 4.98 Å². The van der Waals surface area contributed by atoms with Crippen molar-refractivity contribution in [3.05, 3.63) is 53.2 Å². The number of hydrogen-bond acceptors (Lipinski definition) is 4. The van der Waals surface area contributed by atoms with Crippen LogP contribution in [0.5, 0.6) is 11.6 Å². The van der Waals surface area contributed by atoms with Gasteiger partial charge in [-0.3, -0.25) is 9.69 Å². The predicted molar refractivity (Wildman–Crippen MR) is 101 cm³/mol. The summed E-state index contributed by atoms with van der Waals surface area (Å²) in [4.78, 5) is 19.2. The molecule has 0 spiro atoms. The number of carbonyl (C=O) groups excluding carboxylic acids is 1. The van der Waals surface area contributed by atoms with Gasteiger partial charge in [-0.2, -0.15) is 0 Å². The zero-order chi connectivity index (χ0) is 18.1. The number of aromatic nitrogens is 1. The fraction of sp³-hybridized carbons (Fsp3) is 0.400. The summed E-state index contributed by atoms with van der Waals surface area (Å²) in [6, 6.07) is 11.2. The highest BCUT2D eigenvalue weighted by Crippen LogP contribution is 2.32. The van der Waals surface area contributed by atoms with Gasteiger partial charge in [0.05, 0.1) is 5.02 Å². The summed E-state index contributed by atoms with van der Waals surface area (Å²) >= 11 is 5.82. The van der Waals surface area contributed by atoms with Gasteiger partial charge in [0.2, 0.25) is 5.88 Å². The summed E-state index contributed by atoms with van der Waals surface area (Å²) < 4.78 is 5.67. The molecular weight excluding hydrogens is 350 g/mol. The molecule has 0 aliphatic carbocycles. The molecule has 2 unspecified atom stereocenters. The van der Waals surface area contributed by atoms with E-state index in [9.17, 15) is 4.79 Å². The van der Waals surface area contributed by atoms with Gasteiger partial charge in [0.1, 0.15) is 5.75 Å². The lowest BCUT2D eigenvalue weighted by atomic mass is 9.79. The predicted octanol–water partition coefficient (Wildman–Crippen LogP) is 3.74. The van der Waals surface area contributed by atoms with Gasteiger partial charge in [0.25, 0.3) is 5.91 Å². The average Bonchev–Trinajstić information content (AvgIpc) is 2.67. The number of piperidine rings is 3. The second-order valence-corrected chi connectivity index (χ2v) is 7.49. The molecule has 4 heterocycles. The van der Waals surface area contributed by atoms with Gasteiger partial charge in [-0.15, -0.1) is 0 Å². The number of benzene rings is 1. The minimum Gasteiger partial charge on any atom is -0.439 e. The molecule has 5 nitrogen and oxygen atoms in total. The van der Waals surface area contributed by atoms with Gasteiger partial charge >= 0.3 is 0 Å². The average molecular weight is 372 g/mol. The number of nitrogens with one attached hydrogen (secondary N) is 1. The summed E-state index contributed by atoms with van der Waals surface area (Å²) in [5.41, 5.74) is 0.644. The molecule has 6 heteroatoms. The molecular formula is C20H22ClN3O2. The normalized spacial score (nSPS) is 27.2. The van der Waals surface area contributed by atoms with Crippen LogP contribution in [0.1, 0.15) is 30.1 Å². The summed E-state index contributed by atoms with van der Waals surface area (Å²) in [5, 5.41) is 3.80. The Morgan fingerprint density at radius 3 is 2.54 bits per heavy atom. The van der Waals surface area contributed by atoms with Gasteiger partial charge in [0, 0.05) is 29.9 Å². The third-order valence-electron chi connectivity index (χ3n) is 5.51. The smallest absolute Gasteiger partial charge is 0.251 e. The van der Waals surface area contributed by atoms with Crippen LogP contribution >= 0.6 is 11.6 Å². The van der Waals surface area contributed by atoms with Crippen molar-refractivity contribution in [2.75, 3.05) is 13.1 Å². The van der Waals surface area contributed by atoms with E-state index in [1.165, 1.54) is 19.0 Å². The highest BCUT2D eigenvalue weighted by atomic mass is 35.5. The Morgan fingerprint density at radius 2 is 1.92 bits per heavy atom. The van der Waals surface area contributed by atoms with E-state index in [-0.39, 0.29) is 11.9 Å². The maximum atomic E-state index is 12.6. The van der Waals surface area contributed by atoms with Crippen molar-refractivity contribution >= 4 is 17.5 Å². The third kappa shape index (κ3) is 3.55. The molecule has 0 saturated carbocycles. The number of carbonyl (C=O) groups is 1. The fourth-order valence-corrected chi connectivity index (χ4v) is 4.11. The number of hydrogen-bond donors (Lipinski definition) is 1. The van der Waals surface area contributed by atoms with E-state index in [0.717, 1.165) is 13.1 Å².